The molecule has 6 heteroatoms. The molecule has 0 aromatic heterocycles. The van der Waals surface area contributed by atoms with Crippen LogP contribution >= 0.6 is 0 Å². The molecule has 0 fully saturated rings. The van der Waals surface area contributed by atoms with E-state index in [1.807, 2.05) is 6.08 Å². The molecule has 0 spiro atoms. The van der Waals surface area contributed by atoms with Crippen LogP contribution in [0.4, 0.5) is 13.2 Å². The van der Waals surface area contributed by atoms with E-state index in [0.717, 1.165) is 12.3 Å². The fraction of sp³-hybridized carbons (Fsp3) is 0.111. The second-order valence-corrected chi connectivity index (χ2v) is 7.50. The third-order valence-corrected chi connectivity index (χ3v) is 4.91. The maximum atomic E-state index is 14.4. The van der Waals surface area contributed by atoms with Crippen LogP contribution in [0.15, 0.2) is 53.4 Å². The average molecular weight is 350 g/mol. The molecule has 0 heterocycles. The summed E-state index contributed by atoms with van der Waals surface area (Å²) in [5.74, 6) is -2.21. The van der Waals surface area contributed by atoms with Gasteiger partial charge in [-0.15, -0.1) is 0 Å². The lowest BCUT2D eigenvalue weighted by Crippen LogP contribution is -2.04. The van der Waals surface area contributed by atoms with Gasteiger partial charge in [-0.3, -0.25) is 0 Å². The number of sulfone groups is 1. The number of rotatable bonds is 3. The molecule has 2 aromatic carbocycles. The van der Waals surface area contributed by atoms with Crippen LogP contribution in [0.5, 0.6) is 0 Å². The first-order chi connectivity index (χ1) is 11.3. The van der Waals surface area contributed by atoms with Crippen LogP contribution in [0, 0.1) is 17.5 Å². The highest BCUT2D eigenvalue weighted by atomic mass is 32.2. The summed E-state index contributed by atoms with van der Waals surface area (Å²) in [5.41, 5.74) is 1.76. The Hall–Kier alpha value is -2.34. The maximum absolute atomic E-state index is 14.4. The van der Waals surface area contributed by atoms with Gasteiger partial charge in [-0.05, 0) is 47.4 Å². The second kappa shape index (κ2) is 5.94. The number of benzene rings is 2. The molecular weight excluding hydrogens is 337 g/mol. The summed E-state index contributed by atoms with van der Waals surface area (Å²) in [7, 11) is -3.86. The molecule has 3 rings (SSSR count). The van der Waals surface area contributed by atoms with Crippen molar-refractivity contribution < 1.29 is 21.6 Å². The van der Waals surface area contributed by atoms with E-state index >= 15 is 0 Å². The minimum absolute atomic E-state index is 0.0204. The van der Waals surface area contributed by atoms with Gasteiger partial charge in [0, 0.05) is 11.8 Å². The zero-order valence-corrected chi connectivity index (χ0v) is 13.5. The summed E-state index contributed by atoms with van der Waals surface area (Å²) < 4.78 is 64.6. The Labute approximate surface area is 137 Å². The molecule has 24 heavy (non-hydrogen) atoms. The van der Waals surface area contributed by atoms with Gasteiger partial charge in [0.1, 0.15) is 22.3 Å². The van der Waals surface area contributed by atoms with Gasteiger partial charge in [-0.1, -0.05) is 24.3 Å². The van der Waals surface area contributed by atoms with Gasteiger partial charge >= 0.3 is 0 Å². The Morgan fingerprint density at radius 3 is 2.12 bits per heavy atom. The minimum atomic E-state index is -3.86. The highest BCUT2D eigenvalue weighted by molar-refractivity contribution is 7.90. The average Bonchev–Trinajstić information content (AvgIpc) is 2.98. The molecule has 2 nitrogen and oxygen atoms in total. The Kier molecular flexibility index (Phi) is 4.09. The molecule has 1 aliphatic rings. The molecule has 124 valence electrons. The third kappa shape index (κ3) is 3.01. The van der Waals surface area contributed by atoms with Crippen LogP contribution in [0.25, 0.3) is 11.1 Å². The fourth-order valence-corrected chi connectivity index (χ4v) is 3.42. The summed E-state index contributed by atoms with van der Waals surface area (Å²) in [6.45, 7) is 0. The number of hydrogen-bond donors (Lipinski definition) is 0. The predicted octanol–water partition coefficient (Wildman–Crippen LogP) is 4.38. The van der Waals surface area contributed by atoms with E-state index in [-0.39, 0.29) is 5.56 Å². The van der Waals surface area contributed by atoms with Gasteiger partial charge in [0.15, 0.2) is 9.84 Å². The molecule has 0 saturated heterocycles. The molecule has 0 radical (unpaired) electrons. The summed E-state index contributed by atoms with van der Waals surface area (Å²) in [6.07, 6.45) is 4.89. The largest absolute Gasteiger partial charge is 0.224 e. The van der Waals surface area contributed by atoms with Gasteiger partial charge in [0.25, 0.3) is 0 Å². The van der Waals surface area contributed by atoms with E-state index in [4.69, 9.17) is 0 Å². The van der Waals surface area contributed by atoms with Crippen molar-refractivity contribution in [3.63, 3.8) is 0 Å². The van der Waals surface area contributed by atoms with Crippen molar-refractivity contribution in [3.8, 4) is 0 Å². The number of hydrogen-bond acceptors (Lipinski definition) is 2. The molecule has 0 unspecified atom stereocenters. The second-order valence-electron chi connectivity index (χ2n) is 5.51. The monoisotopic (exact) mass is 350 g/mol. The molecule has 0 bridgehead atoms. The first-order valence-corrected chi connectivity index (χ1v) is 9.02. The van der Waals surface area contributed by atoms with Crippen LogP contribution < -0.4 is 0 Å². The van der Waals surface area contributed by atoms with Crippen LogP contribution in [0.2, 0.25) is 0 Å². The first kappa shape index (κ1) is 16.5. The third-order valence-electron chi connectivity index (χ3n) is 3.80. The Balaban J connectivity index is 2.08. The van der Waals surface area contributed by atoms with E-state index in [1.54, 1.807) is 18.2 Å². The highest BCUT2D eigenvalue weighted by Gasteiger charge is 2.22. The van der Waals surface area contributed by atoms with Crippen LogP contribution in [-0.4, -0.2) is 14.7 Å². The van der Waals surface area contributed by atoms with E-state index in [9.17, 15) is 21.6 Å². The lowest BCUT2D eigenvalue weighted by Gasteiger charge is -2.12. The van der Waals surface area contributed by atoms with Gasteiger partial charge in [-0.2, -0.15) is 0 Å². The van der Waals surface area contributed by atoms with Gasteiger partial charge in [0.2, 0.25) is 0 Å². The summed E-state index contributed by atoms with van der Waals surface area (Å²) in [6, 6.07) is 7.27. The standard InChI is InChI=1S/C18H13F3O2S/c1-24(22,23)18-10-16(20)15(9-17(18)21)14-4-2-3-13(14)11-5-7-12(19)8-6-11/h3-10H,2H2,1H3. The van der Waals surface area contributed by atoms with Gasteiger partial charge in [0.05, 0.1) is 0 Å². The zero-order valence-electron chi connectivity index (χ0n) is 12.7. The SMILES string of the molecule is CS(=O)(=O)c1cc(F)c(C2=CCC=C2c2ccc(F)cc2)cc1F. The van der Waals surface area contributed by atoms with Gasteiger partial charge in [-0.25, -0.2) is 21.6 Å². The van der Waals surface area contributed by atoms with Crippen molar-refractivity contribution in [2.45, 2.75) is 11.3 Å². The zero-order chi connectivity index (χ0) is 17.5. The fourth-order valence-electron chi connectivity index (χ4n) is 2.69. The molecule has 0 saturated carbocycles. The quantitative estimate of drug-likeness (QED) is 0.823. The summed E-state index contributed by atoms with van der Waals surface area (Å²) in [5, 5.41) is 0. The normalized spacial score (nSPS) is 14.5. The minimum Gasteiger partial charge on any atom is -0.224 e. The van der Waals surface area contributed by atoms with Crippen molar-refractivity contribution in [1.82, 2.24) is 0 Å². The summed E-state index contributed by atoms with van der Waals surface area (Å²) in [4.78, 5) is -0.672. The van der Waals surface area contributed by atoms with Crippen molar-refractivity contribution in [2.75, 3.05) is 6.26 Å². The molecule has 0 atom stereocenters. The molecule has 2 aromatic rings. The van der Waals surface area contributed by atoms with Gasteiger partial charge < -0.3 is 0 Å². The number of allylic oxidation sites excluding steroid dienone is 4. The first-order valence-electron chi connectivity index (χ1n) is 7.13. The van der Waals surface area contributed by atoms with Crippen molar-refractivity contribution in [3.05, 3.63) is 77.1 Å². The van der Waals surface area contributed by atoms with E-state index in [0.29, 0.717) is 29.2 Å². The smallest absolute Gasteiger partial charge is 0.178 e. The topological polar surface area (TPSA) is 34.1 Å². The van der Waals surface area contributed by atoms with Crippen molar-refractivity contribution in [1.29, 1.82) is 0 Å². The Bertz CT molecular complexity index is 972. The van der Waals surface area contributed by atoms with Crippen molar-refractivity contribution in [2.24, 2.45) is 0 Å². The van der Waals surface area contributed by atoms with Crippen LogP contribution in [0.3, 0.4) is 0 Å². The molecule has 1 aliphatic carbocycles. The lowest BCUT2D eigenvalue weighted by atomic mass is 9.94. The van der Waals surface area contributed by atoms with Crippen LogP contribution in [0.1, 0.15) is 17.5 Å². The number of halogens is 3. The Morgan fingerprint density at radius 2 is 1.50 bits per heavy atom. The van der Waals surface area contributed by atoms with Crippen LogP contribution in [-0.2, 0) is 9.84 Å². The highest BCUT2D eigenvalue weighted by Crippen LogP contribution is 2.38. The summed E-state index contributed by atoms with van der Waals surface area (Å²) >= 11 is 0. The van der Waals surface area contributed by atoms with E-state index in [1.165, 1.54) is 12.1 Å². The lowest BCUT2D eigenvalue weighted by molar-refractivity contribution is 0.554. The van der Waals surface area contributed by atoms with E-state index in [2.05, 4.69) is 0 Å². The Morgan fingerprint density at radius 1 is 0.875 bits per heavy atom. The predicted molar refractivity (Wildman–Crippen MR) is 86.4 cm³/mol. The van der Waals surface area contributed by atoms with Crippen molar-refractivity contribution >= 4 is 21.0 Å². The molecule has 0 N–H and O–H groups in total. The maximum Gasteiger partial charge on any atom is 0.178 e. The molecular formula is C18H13F3O2S. The van der Waals surface area contributed by atoms with E-state index < -0.39 is 32.2 Å². The molecule has 0 amide bonds. The molecule has 0 aliphatic heterocycles.